The van der Waals surface area contributed by atoms with E-state index in [-0.39, 0.29) is 11.7 Å². The summed E-state index contributed by atoms with van der Waals surface area (Å²) in [6.45, 7) is 7.95. The Morgan fingerprint density at radius 2 is 1.43 bits per heavy atom. The van der Waals surface area contributed by atoms with Crippen LogP contribution in [0.25, 0.3) is 0 Å². The summed E-state index contributed by atoms with van der Waals surface area (Å²) in [5, 5.41) is 0. The SMILES string of the molecule is C=CC(CC(=O)C(C)C)(c1ccccc1)c1ccccc1. The first-order chi connectivity index (χ1) is 10.1. The van der Waals surface area contributed by atoms with E-state index in [4.69, 9.17) is 0 Å². The van der Waals surface area contributed by atoms with E-state index < -0.39 is 5.41 Å². The zero-order valence-electron chi connectivity index (χ0n) is 12.8. The molecule has 0 saturated heterocycles. The molecule has 0 heterocycles. The molecule has 1 nitrogen and oxygen atoms in total. The maximum atomic E-state index is 12.4. The van der Waals surface area contributed by atoms with Gasteiger partial charge in [0.15, 0.2) is 0 Å². The molecule has 2 rings (SSSR count). The van der Waals surface area contributed by atoms with Gasteiger partial charge < -0.3 is 0 Å². The predicted octanol–water partition coefficient (Wildman–Crippen LogP) is 4.77. The summed E-state index contributed by atoms with van der Waals surface area (Å²) in [7, 11) is 0. The first kappa shape index (κ1) is 15.2. The van der Waals surface area contributed by atoms with Crippen molar-refractivity contribution in [1.82, 2.24) is 0 Å². The van der Waals surface area contributed by atoms with Crippen LogP contribution in [0.1, 0.15) is 31.4 Å². The van der Waals surface area contributed by atoms with Crippen molar-refractivity contribution in [2.45, 2.75) is 25.7 Å². The number of allylic oxidation sites excluding steroid dienone is 1. The maximum absolute atomic E-state index is 12.4. The van der Waals surface area contributed by atoms with Crippen LogP contribution in [0.4, 0.5) is 0 Å². The molecule has 0 amide bonds. The number of hydrogen-bond acceptors (Lipinski definition) is 1. The molecule has 1 heteroatoms. The third kappa shape index (κ3) is 3.13. The summed E-state index contributed by atoms with van der Waals surface area (Å²) in [6.07, 6.45) is 2.36. The number of carbonyl (C=O) groups excluding carboxylic acids is 1. The predicted molar refractivity (Wildman–Crippen MR) is 88.3 cm³/mol. The molecule has 0 aliphatic carbocycles. The summed E-state index contributed by atoms with van der Waals surface area (Å²) in [5.74, 6) is 0.277. The summed E-state index contributed by atoms with van der Waals surface area (Å²) in [4.78, 5) is 12.4. The van der Waals surface area contributed by atoms with Gasteiger partial charge in [-0.3, -0.25) is 4.79 Å². The van der Waals surface area contributed by atoms with Crippen LogP contribution in [-0.4, -0.2) is 5.78 Å². The number of ketones is 1. The number of Topliss-reactive ketones (excluding diaryl/α,β-unsaturated/α-hetero) is 1. The zero-order valence-corrected chi connectivity index (χ0v) is 12.8. The normalized spacial score (nSPS) is 11.4. The Morgan fingerprint density at radius 3 is 1.76 bits per heavy atom. The monoisotopic (exact) mass is 278 g/mol. The molecule has 21 heavy (non-hydrogen) atoms. The smallest absolute Gasteiger partial charge is 0.136 e. The molecule has 0 saturated carbocycles. The van der Waals surface area contributed by atoms with Gasteiger partial charge in [0.05, 0.1) is 0 Å². The van der Waals surface area contributed by atoms with Gasteiger partial charge in [-0.2, -0.15) is 0 Å². The van der Waals surface area contributed by atoms with Crippen LogP contribution in [0.15, 0.2) is 73.3 Å². The third-order valence-electron chi connectivity index (χ3n) is 4.02. The Labute approximate surface area is 127 Å². The minimum absolute atomic E-state index is 0.0248. The van der Waals surface area contributed by atoms with Crippen LogP contribution in [0.2, 0.25) is 0 Å². The molecule has 0 spiro atoms. The van der Waals surface area contributed by atoms with Gasteiger partial charge in [-0.1, -0.05) is 80.6 Å². The number of carbonyl (C=O) groups is 1. The second kappa shape index (κ2) is 6.53. The second-order valence-electron chi connectivity index (χ2n) is 5.71. The van der Waals surface area contributed by atoms with Crippen LogP contribution in [0.3, 0.4) is 0 Å². The van der Waals surface area contributed by atoms with Gasteiger partial charge in [0.25, 0.3) is 0 Å². The average Bonchev–Trinajstić information content (AvgIpc) is 2.54. The Hall–Kier alpha value is -2.15. The van der Waals surface area contributed by atoms with Gasteiger partial charge in [0.2, 0.25) is 0 Å². The lowest BCUT2D eigenvalue weighted by Crippen LogP contribution is -2.30. The van der Waals surface area contributed by atoms with Gasteiger partial charge in [-0.05, 0) is 11.1 Å². The lowest BCUT2D eigenvalue weighted by molar-refractivity contribution is -0.122. The maximum Gasteiger partial charge on any atom is 0.136 e. The molecule has 0 aliphatic rings. The topological polar surface area (TPSA) is 17.1 Å². The molecule has 2 aromatic rings. The van der Waals surface area contributed by atoms with Crippen molar-refractivity contribution in [1.29, 1.82) is 0 Å². The quantitative estimate of drug-likeness (QED) is 0.695. The van der Waals surface area contributed by atoms with Gasteiger partial charge in [-0.15, -0.1) is 6.58 Å². The standard InChI is InChI=1S/C20H22O/c1-4-20(15-19(21)16(2)3,17-11-7-5-8-12-17)18-13-9-6-10-14-18/h4-14,16H,1,15H2,2-3H3. The van der Waals surface area contributed by atoms with Gasteiger partial charge in [0, 0.05) is 17.8 Å². The van der Waals surface area contributed by atoms with Crippen molar-refractivity contribution in [2.24, 2.45) is 5.92 Å². The van der Waals surface area contributed by atoms with Crippen LogP contribution < -0.4 is 0 Å². The first-order valence-electron chi connectivity index (χ1n) is 7.37. The van der Waals surface area contributed by atoms with Crippen molar-refractivity contribution in [2.75, 3.05) is 0 Å². The van der Waals surface area contributed by atoms with Gasteiger partial charge >= 0.3 is 0 Å². The fourth-order valence-electron chi connectivity index (χ4n) is 2.63. The van der Waals surface area contributed by atoms with Crippen molar-refractivity contribution in [3.8, 4) is 0 Å². The van der Waals surface area contributed by atoms with E-state index in [2.05, 4.69) is 30.8 Å². The number of benzene rings is 2. The van der Waals surface area contributed by atoms with E-state index in [0.29, 0.717) is 6.42 Å². The first-order valence-corrected chi connectivity index (χ1v) is 7.37. The van der Waals surface area contributed by atoms with Gasteiger partial charge in [-0.25, -0.2) is 0 Å². The van der Waals surface area contributed by atoms with Crippen LogP contribution >= 0.6 is 0 Å². The highest BCUT2D eigenvalue weighted by molar-refractivity contribution is 5.83. The molecule has 0 radical (unpaired) electrons. The highest BCUT2D eigenvalue weighted by atomic mass is 16.1. The van der Waals surface area contributed by atoms with E-state index in [1.807, 2.05) is 56.3 Å². The highest BCUT2D eigenvalue weighted by Gasteiger charge is 2.33. The Bertz CT molecular complexity index is 557. The average molecular weight is 278 g/mol. The highest BCUT2D eigenvalue weighted by Crippen LogP contribution is 2.37. The molecule has 0 aliphatic heterocycles. The fourth-order valence-corrected chi connectivity index (χ4v) is 2.63. The van der Waals surface area contributed by atoms with E-state index in [0.717, 1.165) is 11.1 Å². The minimum Gasteiger partial charge on any atom is -0.299 e. The van der Waals surface area contributed by atoms with E-state index in [9.17, 15) is 4.79 Å². The van der Waals surface area contributed by atoms with Crippen molar-refractivity contribution < 1.29 is 4.79 Å². The Balaban J connectivity index is 2.57. The van der Waals surface area contributed by atoms with E-state index in [1.165, 1.54) is 0 Å². The van der Waals surface area contributed by atoms with Crippen molar-refractivity contribution in [3.05, 3.63) is 84.4 Å². The Morgan fingerprint density at radius 1 is 1.00 bits per heavy atom. The van der Waals surface area contributed by atoms with Crippen molar-refractivity contribution in [3.63, 3.8) is 0 Å². The molecule has 0 atom stereocenters. The van der Waals surface area contributed by atoms with Crippen LogP contribution in [0, 0.1) is 5.92 Å². The van der Waals surface area contributed by atoms with E-state index in [1.54, 1.807) is 0 Å². The molecule has 0 N–H and O–H groups in total. The third-order valence-corrected chi connectivity index (χ3v) is 4.02. The zero-order chi connectivity index (χ0) is 15.3. The van der Waals surface area contributed by atoms with Crippen molar-refractivity contribution >= 4 is 5.78 Å². The molecule has 0 bridgehead atoms. The lowest BCUT2D eigenvalue weighted by atomic mass is 9.70. The molecular formula is C20H22O. The fraction of sp³-hybridized carbons (Fsp3) is 0.250. The van der Waals surface area contributed by atoms with E-state index >= 15 is 0 Å². The molecule has 0 aromatic heterocycles. The minimum atomic E-state index is -0.454. The summed E-state index contributed by atoms with van der Waals surface area (Å²) in [5.41, 5.74) is 1.77. The summed E-state index contributed by atoms with van der Waals surface area (Å²) < 4.78 is 0. The summed E-state index contributed by atoms with van der Waals surface area (Å²) >= 11 is 0. The molecule has 0 fully saturated rings. The van der Waals surface area contributed by atoms with Crippen LogP contribution in [0.5, 0.6) is 0 Å². The number of hydrogen-bond donors (Lipinski definition) is 0. The second-order valence-corrected chi connectivity index (χ2v) is 5.71. The lowest BCUT2D eigenvalue weighted by Gasteiger charge is -2.32. The molecular weight excluding hydrogens is 256 g/mol. The largest absolute Gasteiger partial charge is 0.299 e. The van der Waals surface area contributed by atoms with Crippen LogP contribution in [-0.2, 0) is 10.2 Å². The molecule has 108 valence electrons. The number of rotatable bonds is 6. The summed E-state index contributed by atoms with van der Waals surface area (Å²) in [6, 6.07) is 20.3. The van der Waals surface area contributed by atoms with Gasteiger partial charge in [0.1, 0.15) is 5.78 Å². The molecule has 2 aromatic carbocycles. The Kier molecular flexibility index (Phi) is 4.74. The molecule has 0 unspecified atom stereocenters.